The van der Waals surface area contributed by atoms with Crippen LogP contribution in [0.15, 0.2) is 0 Å². The van der Waals surface area contributed by atoms with E-state index in [1.165, 1.54) is 16.8 Å². The zero-order valence-corrected chi connectivity index (χ0v) is 11.6. The minimum Gasteiger partial charge on any atom is -0.481 e. The number of carboxylic acid groups (broad SMARTS) is 1. The average Bonchev–Trinajstić information content (AvgIpc) is 2.72. The Kier molecular flexibility index (Phi) is 4.74. The molecule has 0 aromatic rings. The van der Waals surface area contributed by atoms with E-state index in [0.29, 0.717) is 19.5 Å². The third-order valence-corrected chi connectivity index (χ3v) is 3.34. The summed E-state index contributed by atoms with van der Waals surface area (Å²) in [6, 6.07) is -0.309. The van der Waals surface area contributed by atoms with E-state index in [9.17, 15) is 14.4 Å². The highest BCUT2D eigenvalue weighted by Gasteiger charge is 2.42. The molecule has 0 spiro atoms. The second kappa shape index (κ2) is 5.90. The normalized spacial score (nSPS) is 22.2. The van der Waals surface area contributed by atoms with Gasteiger partial charge in [-0.3, -0.25) is 9.59 Å². The van der Waals surface area contributed by atoms with Crippen LogP contribution < -0.4 is 5.32 Å². The molecule has 1 heterocycles. The molecule has 0 aromatic carbocycles. The Bertz CT molecular complexity index is 385. The number of carboxylic acids is 1. The van der Waals surface area contributed by atoms with Crippen molar-refractivity contribution < 1.29 is 19.5 Å². The summed E-state index contributed by atoms with van der Waals surface area (Å²) in [7, 11) is 1.54. The maximum Gasteiger partial charge on any atom is 0.320 e. The van der Waals surface area contributed by atoms with Gasteiger partial charge in [-0.1, -0.05) is 0 Å². The highest BCUT2D eigenvalue weighted by atomic mass is 16.4. The molecular formula is C12H21N3O4. The number of carbonyl (C=O) groups is 3. The summed E-state index contributed by atoms with van der Waals surface area (Å²) in [5.74, 6) is -1.12. The number of likely N-dealkylation sites (N-methyl/N-ethyl adjacent to an activating group) is 2. The van der Waals surface area contributed by atoms with Crippen molar-refractivity contribution in [1.82, 2.24) is 15.1 Å². The van der Waals surface area contributed by atoms with Gasteiger partial charge in [0.25, 0.3) is 0 Å². The van der Waals surface area contributed by atoms with Gasteiger partial charge in [0.2, 0.25) is 5.91 Å². The second-order valence-corrected chi connectivity index (χ2v) is 5.13. The Morgan fingerprint density at radius 3 is 2.53 bits per heavy atom. The minimum absolute atomic E-state index is 0.0209. The van der Waals surface area contributed by atoms with Crippen molar-refractivity contribution >= 4 is 17.9 Å². The number of hydrogen-bond donors (Lipinski definition) is 2. The first-order valence-electron chi connectivity index (χ1n) is 6.30. The number of nitrogens with one attached hydrogen (secondary N) is 1. The van der Waals surface area contributed by atoms with Crippen LogP contribution in [0.1, 0.15) is 20.3 Å². The van der Waals surface area contributed by atoms with Gasteiger partial charge in [0.15, 0.2) is 0 Å². The number of hydrogen-bond acceptors (Lipinski definition) is 3. The highest BCUT2D eigenvalue weighted by Crippen LogP contribution is 2.30. The number of carbonyl (C=O) groups excluding carboxylic acids is 2. The van der Waals surface area contributed by atoms with Crippen LogP contribution in [-0.2, 0) is 9.59 Å². The first kappa shape index (κ1) is 15.3. The molecule has 0 aromatic heterocycles. The van der Waals surface area contributed by atoms with E-state index < -0.39 is 11.4 Å². The first-order chi connectivity index (χ1) is 8.80. The molecule has 0 aliphatic carbocycles. The molecule has 0 radical (unpaired) electrons. The van der Waals surface area contributed by atoms with E-state index >= 15 is 0 Å². The summed E-state index contributed by atoms with van der Waals surface area (Å²) in [4.78, 5) is 37.4. The predicted molar refractivity (Wildman–Crippen MR) is 68.6 cm³/mol. The number of amides is 3. The summed E-state index contributed by atoms with van der Waals surface area (Å²) in [6.07, 6.45) is 0.434. The topological polar surface area (TPSA) is 90.0 Å². The number of aliphatic carboxylic acids is 1. The van der Waals surface area contributed by atoms with Gasteiger partial charge >= 0.3 is 12.0 Å². The molecule has 7 heteroatoms. The standard InChI is InChI=1S/C12H21N3O4/c1-4-13-9(16)7-14(3)11(19)15-6-5-12(2,8-15)10(17)18/h4-8H2,1-3H3,(H,13,16)(H,17,18). The predicted octanol–water partition coefficient (Wildman–Crippen LogP) is -0.0291. The molecule has 0 bridgehead atoms. The summed E-state index contributed by atoms with van der Waals surface area (Å²) >= 11 is 0. The van der Waals surface area contributed by atoms with Crippen LogP contribution in [0.25, 0.3) is 0 Å². The van der Waals surface area contributed by atoms with E-state index in [-0.39, 0.29) is 25.0 Å². The molecule has 3 amide bonds. The molecule has 1 atom stereocenters. The fourth-order valence-corrected chi connectivity index (χ4v) is 2.08. The number of nitrogens with zero attached hydrogens (tertiary/aromatic N) is 2. The Balaban J connectivity index is 2.55. The maximum absolute atomic E-state index is 12.1. The van der Waals surface area contributed by atoms with Gasteiger partial charge in [0.05, 0.1) is 5.41 Å². The summed E-state index contributed by atoms with van der Waals surface area (Å²) < 4.78 is 0. The van der Waals surface area contributed by atoms with Crippen LogP contribution in [0, 0.1) is 5.41 Å². The van der Waals surface area contributed by atoms with Crippen molar-refractivity contribution in [2.75, 3.05) is 33.2 Å². The molecule has 1 saturated heterocycles. The third kappa shape index (κ3) is 3.59. The number of rotatable bonds is 4. The molecule has 2 N–H and O–H groups in total. The van der Waals surface area contributed by atoms with Crippen LogP contribution in [0.3, 0.4) is 0 Å². The molecule has 1 fully saturated rings. The van der Waals surface area contributed by atoms with Crippen LogP contribution >= 0.6 is 0 Å². The zero-order chi connectivity index (χ0) is 14.6. The average molecular weight is 271 g/mol. The number of urea groups is 1. The molecule has 1 rings (SSSR count). The van der Waals surface area contributed by atoms with Crippen molar-refractivity contribution in [2.24, 2.45) is 5.41 Å². The second-order valence-electron chi connectivity index (χ2n) is 5.13. The lowest BCUT2D eigenvalue weighted by molar-refractivity contribution is -0.147. The van der Waals surface area contributed by atoms with Crippen LogP contribution in [0.4, 0.5) is 4.79 Å². The molecule has 108 valence electrons. The molecule has 1 aliphatic heterocycles. The van der Waals surface area contributed by atoms with E-state index in [1.807, 2.05) is 0 Å². The summed E-state index contributed by atoms with van der Waals surface area (Å²) in [5.41, 5.74) is -0.887. The van der Waals surface area contributed by atoms with E-state index in [1.54, 1.807) is 13.8 Å². The molecule has 1 unspecified atom stereocenters. The summed E-state index contributed by atoms with van der Waals surface area (Å²) in [5, 5.41) is 11.7. The van der Waals surface area contributed by atoms with Gasteiger partial charge < -0.3 is 20.2 Å². The maximum atomic E-state index is 12.1. The van der Waals surface area contributed by atoms with Gasteiger partial charge in [0.1, 0.15) is 6.54 Å². The van der Waals surface area contributed by atoms with Gasteiger partial charge in [-0.2, -0.15) is 0 Å². The Morgan fingerprint density at radius 2 is 2.05 bits per heavy atom. The van der Waals surface area contributed by atoms with Gasteiger partial charge in [0, 0.05) is 26.7 Å². The largest absolute Gasteiger partial charge is 0.481 e. The van der Waals surface area contributed by atoms with Crippen molar-refractivity contribution in [3.8, 4) is 0 Å². The molecule has 7 nitrogen and oxygen atoms in total. The fourth-order valence-electron chi connectivity index (χ4n) is 2.08. The Morgan fingerprint density at radius 1 is 1.42 bits per heavy atom. The quantitative estimate of drug-likeness (QED) is 0.751. The summed E-state index contributed by atoms with van der Waals surface area (Å²) in [6.45, 7) is 4.52. The Hall–Kier alpha value is -1.79. The molecule has 0 saturated carbocycles. The van der Waals surface area contributed by atoms with Crippen LogP contribution in [-0.4, -0.2) is 66.0 Å². The Labute approximate surface area is 112 Å². The molecule has 19 heavy (non-hydrogen) atoms. The smallest absolute Gasteiger partial charge is 0.320 e. The third-order valence-electron chi connectivity index (χ3n) is 3.34. The van der Waals surface area contributed by atoms with E-state index in [2.05, 4.69) is 5.32 Å². The first-order valence-corrected chi connectivity index (χ1v) is 6.30. The zero-order valence-electron chi connectivity index (χ0n) is 11.6. The lowest BCUT2D eigenvalue weighted by Gasteiger charge is -2.25. The fraction of sp³-hybridized carbons (Fsp3) is 0.750. The van der Waals surface area contributed by atoms with E-state index in [0.717, 1.165) is 0 Å². The SMILES string of the molecule is CCNC(=O)CN(C)C(=O)N1CCC(C)(C(=O)O)C1. The molecule has 1 aliphatic rings. The van der Waals surface area contributed by atoms with Crippen LogP contribution in [0.5, 0.6) is 0 Å². The van der Waals surface area contributed by atoms with Gasteiger partial charge in [-0.05, 0) is 20.3 Å². The van der Waals surface area contributed by atoms with Gasteiger partial charge in [-0.15, -0.1) is 0 Å². The van der Waals surface area contributed by atoms with Crippen molar-refractivity contribution in [3.05, 3.63) is 0 Å². The van der Waals surface area contributed by atoms with Crippen molar-refractivity contribution in [1.29, 1.82) is 0 Å². The number of likely N-dealkylation sites (tertiary alicyclic amines) is 1. The van der Waals surface area contributed by atoms with Crippen molar-refractivity contribution in [3.63, 3.8) is 0 Å². The van der Waals surface area contributed by atoms with Crippen LogP contribution in [0.2, 0.25) is 0 Å². The lowest BCUT2D eigenvalue weighted by atomic mass is 9.90. The highest BCUT2D eigenvalue weighted by molar-refractivity contribution is 5.84. The van der Waals surface area contributed by atoms with Crippen molar-refractivity contribution in [2.45, 2.75) is 20.3 Å². The van der Waals surface area contributed by atoms with E-state index in [4.69, 9.17) is 5.11 Å². The lowest BCUT2D eigenvalue weighted by Crippen LogP contribution is -2.45. The minimum atomic E-state index is -0.894. The van der Waals surface area contributed by atoms with Gasteiger partial charge in [-0.25, -0.2) is 4.79 Å². The monoisotopic (exact) mass is 271 g/mol. The molecular weight excluding hydrogens is 250 g/mol.